The van der Waals surface area contributed by atoms with Crippen LogP contribution in [0.2, 0.25) is 5.02 Å². The number of anilines is 2. The fraction of sp³-hybridized carbons (Fsp3) is 0.286. The molecular weight excluding hydrogens is 448 g/mol. The predicted octanol–water partition coefficient (Wildman–Crippen LogP) is 5.58. The van der Waals surface area contributed by atoms with Crippen LogP contribution in [0.15, 0.2) is 66.7 Å². The third-order valence-corrected chi connectivity index (χ3v) is 7.28. The summed E-state index contributed by atoms with van der Waals surface area (Å²) in [5.41, 5.74) is 1.72. The van der Waals surface area contributed by atoms with Gasteiger partial charge >= 0.3 is 0 Å². The van der Waals surface area contributed by atoms with Crippen molar-refractivity contribution in [3.8, 4) is 0 Å². The normalized spacial score (nSPS) is 22.9. The average molecular weight is 475 g/mol. The van der Waals surface area contributed by atoms with Crippen LogP contribution in [-0.2, 0) is 15.9 Å². The van der Waals surface area contributed by atoms with Crippen LogP contribution < -0.4 is 10.2 Å². The summed E-state index contributed by atoms with van der Waals surface area (Å²) in [6.07, 6.45) is 1.18. The van der Waals surface area contributed by atoms with Crippen molar-refractivity contribution in [1.29, 1.82) is 0 Å². The van der Waals surface area contributed by atoms with Crippen molar-refractivity contribution < 1.29 is 14.7 Å². The lowest BCUT2D eigenvalue weighted by molar-refractivity contribution is -0.137. The first-order chi connectivity index (χ1) is 16.3. The number of carbonyl (C=O) groups excluding carboxylic acids is 2. The summed E-state index contributed by atoms with van der Waals surface area (Å²) >= 11 is 6.37. The number of fused-ring (bicyclic) bond motifs is 2. The van der Waals surface area contributed by atoms with Crippen molar-refractivity contribution in [3.05, 3.63) is 94.0 Å². The van der Waals surface area contributed by atoms with E-state index in [9.17, 15) is 14.7 Å². The number of amides is 1. The molecule has 3 aromatic rings. The lowest BCUT2D eigenvalue weighted by Gasteiger charge is -2.40. The molecule has 2 unspecified atom stereocenters. The number of aryl methyl sites for hydroxylation is 1. The first-order valence-corrected chi connectivity index (χ1v) is 12.0. The Labute approximate surface area is 204 Å². The van der Waals surface area contributed by atoms with Crippen molar-refractivity contribution >= 4 is 34.7 Å². The van der Waals surface area contributed by atoms with Gasteiger partial charge in [0, 0.05) is 33.9 Å². The third kappa shape index (κ3) is 3.34. The highest BCUT2D eigenvalue weighted by Crippen LogP contribution is 2.53. The number of aliphatic hydroxyl groups is 1. The van der Waals surface area contributed by atoms with Gasteiger partial charge in [-0.3, -0.25) is 14.5 Å². The Kier molecular flexibility index (Phi) is 5.50. The molecular formula is C28H27ClN2O3. The number of halogens is 1. The van der Waals surface area contributed by atoms with E-state index in [0.29, 0.717) is 34.8 Å². The van der Waals surface area contributed by atoms with Crippen molar-refractivity contribution in [1.82, 2.24) is 0 Å². The Morgan fingerprint density at radius 3 is 2.65 bits per heavy atom. The SMILES string of the molecule is CCCC1(N2C(=O)C(O)(CC(=O)c3cccc(C)c3)c3ccccc32)CNc2ccc(Cl)cc21. The van der Waals surface area contributed by atoms with Crippen LogP contribution in [0, 0.1) is 6.92 Å². The molecule has 0 spiro atoms. The van der Waals surface area contributed by atoms with E-state index in [1.54, 1.807) is 29.2 Å². The van der Waals surface area contributed by atoms with Gasteiger partial charge in [-0.15, -0.1) is 0 Å². The number of benzene rings is 3. The van der Waals surface area contributed by atoms with E-state index in [0.717, 1.165) is 23.2 Å². The van der Waals surface area contributed by atoms with E-state index < -0.39 is 17.0 Å². The zero-order valence-electron chi connectivity index (χ0n) is 19.3. The molecule has 0 bridgehead atoms. The highest BCUT2D eigenvalue weighted by Gasteiger charge is 2.58. The maximum atomic E-state index is 14.1. The highest BCUT2D eigenvalue weighted by molar-refractivity contribution is 6.30. The molecule has 3 aromatic carbocycles. The fourth-order valence-corrected chi connectivity index (χ4v) is 5.69. The van der Waals surface area contributed by atoms with Crippen LogP contribution in [-0.4, -0.2) is 23.3 Å². The average Bonchev–Trinajstić information content (AvgIpc) is 3.27. The molecule has 2 aliphatic heterocycles. The number of rotatable bonds is 6. The zero-order valence-corrected chi connectivity index (χ0v) is 20.0. The molecule has 1 amide bonds. The van der Waals surface area contributed by atoms with Crippen LogP contribution >= 0.6 is 11.6 Å². The molecule has 2 N–H and O–H groups in total. The maximum absolute atomic E-state index is 14.1. The van der Waals surface area contributed by atoms with E-state index in [2.05, 4.69) is 12.2 Å². The second-order valence-electron chi connectivity index (χ2n) is 9.31. The Morgan fingerprint density at radius 1 is 1.09 bits per heavy atom. The molecule has 174 valence electrons. The van der Waals surface area contributed by atoms with Crippen molar-refractivity contribution in [3.63, 3.8) is 0 Å². The predicted molar refractivity (Wildman–Crippen MR) is 134 cm³/mol. The van der Waals surface area contributed by atoms with Gasteiger partial charge in [0.1, 0.15) is 0 Å². The minimum Gasteiger partial charge on any atom is -0.382 e. The van der Waals surface area contributed by atoms with E-state index >= 15 is 0 Å². The molecule has 0 aliphatic carbocycles. The summed E-state index contributed by atoms with van der Waals surface area (Å²) in [7, 11) is 0. The Hall–Kier alpha value is -3.15. The van der Waals surface area contributed by atoms with Gasteiger partial charge < -0.3 is 10.4 Å². The summed E-state index contributed by atoms with van der Waals surface area (Å²) in [5, 5.41) is 15.9. The molecule has 5 nitrogen and oxygen atoms in total. The van der Waals surface area contributed by atoms with E-state index in [-0.39, 0.29) is 12.2 Å². The maximum Gasteiger partial charge on any atom is 0.265 e. The molecule has 0 saturated heterocycles. The minimum absolute atomic E-state index is 0.270. The van der Waals surface area contributed by atoms with Gasteiger partial charge in [-0.2, -0.15) is 0 Å². The first kappa shape index (κ1) is 22.6. The summed E-state index contributed by atoms with van der Waals surface area (Å²) in [6.45, 7) is 4.48. The highest BCUT2D eigenvalue weighted by atomic mass is 35.5. The fourth-order valence-electron chi connectivity index (χ4n) is 5.52. The van der Waals surface area contributed by atoms with Gasteiger partial charge in [0.2, 0.25) is 0 Å². The molecule has 0 saturated carbocycles. The second-order valence-corrected chi connectivity index (χ2v) is 9.75. The van der Waals surface area contributed by atoms with Gasteiger partial charge in [-0.05, 0) is 43.7 Å². The van der Waals surface area contributed by atoms with Gasteiger partial charge in [0.15, 0.2) is 11.4 Å². The summed E-state index contributed by atoms with van der Waals surface area (Å²) < 4.78 is 0. The topological polar surface area (TPSA) is 69.6 Å². The van der Waals surface area contributed by atoms with E-state index in [4.69, 9.17) is 11.6 Å². The number of Topliss-reactive ketones (excluding diaryl/α,β-unsaturated/α-hetero) is 1. The standard InChI is InChI=1S/C28H27ClN2O3/c1-3-13-27(17-30-23-12-11-20(29)15-22(23)27)31-24-10-5-4-9-21(24)28(34,26(31)33)16-25(32)19-8-6-7-18(2)14-19/h4-12,14-15,30,34H,3,13,16-17H2,1-2H3. The summed E-state index contributed by atoms with van der Waals surface area (Å²) in [6, 6.07) is 20.1. The number of nitrogens with one attached hydrogen (secondary N) is 1. The molecule has 2 aliphatic rings. The van der Waals surface area contributed by atoms with E-state index in [1.807, 2.05) is 49.4 Å². The van der Waals surface area contributed by atoms with Crippen LogP contribution in [0.5, 0.6) is 0 Å². The van der Waals surface area contributed by atoms with Crippen LogP contribution in [0.4, 0.5) is 11.4 Å². The number of nitrogens with zero attached hydrogens (tertiary/aromatic N) is 1. The lowest BCUT2D eigenvalue weighted by Crippen LogP contribution is -2.53. The monoisotopic (exact) mass is 474 g/mol. The van der Waals surface area contributed by atoms with Gasteiger partial charge in [0.05, 0.1) is 17.6 Å². The molecule has 2 heterocycles. The van der Waals surface area contributed by atoms with Crippen molar-refractivity contribution in [2.75, 3.05) is 16.8 Å². The second kappa shape index (κ2) is 8.26. The number of ketones is 1. The molecule has 0 radical (unpaired) electrons. The Bertz CT molecular complexity index is 1300. The quantitative estimate of drug-likeness (QED) is 0.458. The van der Waals surface area contributed by atoms with Gasteiger partial charge in [-0.25, -0.2) is 0 Å². The molecule has 0 fully saturated rings. The van der Waals surface area contributed by atoms with Gasteiger partial charge in [0.25, 0.3) is 5.91 Å². The minimum atomic E-state index is -1.94. The van der Waals surface area contributed by atoms with Crippen LogP contribution in [0.1, 0.15) is 53.2 Å². The Balaban J connectivity index is 1.63. The molecule has 0 aromatic heterocycles. The van der Waals surface area contributed by atoms with Crippen LogP contribution in [0.25, 0.3) is 0 Å². The smallest absolute Gasteiger partial charge is 0.265 e. The van der Waals surface area contributed by atoms with E-state index in [1.165, 1.54) is 0 Å². The lowest BCUT2D eigenvalue weighted by atomic mass is 9.84. The molecule has 2 atom stereocenters. The third-order valence-electron chi connectivity index (χ3n) is 7.05. The van der Waals surface area contributed by atoms with Gasteiger partial charge in [-0.1, -0.05) is 66.9 Å². The number of hydrogen-bond donors (Lipinski definition) is 2. The Morgan fingerprint density at radius 2 is 1.88 bits per heavy atom. The van der Waals surface area contributed by atoms with Crippen molar-refractivity contribution in [2.45, 2.75) is 44.2 Å². The van der Waals surface area contributed by atoms with Crippen LogP contribution in [0.3, 0.4) is 0 Å². The number of hydrogen-bond acceptors (Lipinski definition) is 4. The molecule has 34 heavy (non-hydrogen) atoms. The molecule has 5 rings (SSSR count). The zero-order chi connectivity index (χ0) is 24.1. The number of para-hydroxylation sites is 1. The number of carbonyl (C=O) groups is 2. The largest absolute Gasteiger partial charge is 0.382 e. The summed E-state index contributed by atoms with van der Waals surface area (Å²) in [5.74, 6) is -0.744. The summed E-state index contributed by atoms with van der Waals surface area (Å²) in [4.78, 5) is 29.1. The first-order valence-electron chi connectivity index (χ1n) is 11.6. The van der Waals surface area contributed by atoms with Crippen molar-refractivity contribution in [2.24, 2.45) is 0 Å². The molecule has 6 heteroatoms.